The first-order valence-corrected chi connectivity index (χ1v) is 8.86. The normalized spacial score (nSPS) is 13.1. The summed E-state index contributed by atoms with van der Waals surface area (Å²) < 4.78 is 9.66. The summed E-state index contributed by atoms with van der Waals surface area (Å²) in [5, 5.41) is 11.3. The quantitative estimate of drug-likeness (QED) is 0.424. The number of benzene rings is 2. The summed E-state index contributed by atoms with van der Waals surface area (Å²) >= 11 is 0. The van der Waals surface area contributed by atoms with Gasteiger partial charge in [-0.05, 0) is 35.9 Å². The molecule has 0 N–H and O–H groups in total. The number of esters is 2. The molecule has 0 bridgehead atoms. The lowest BCUT2D eigenvalue weighted by molar-refractivity contribution is -0.384. The highest BCUT2D eigenvalue weighted by Gasteiger charge is 2.27. The van der Waals surface area contributed by atoms with Crippen LogP contribution in [0.15, 0.2) is 84.2 Å². The van der Waals surface area contributed by atoms with Crippen LogP contribution in [0, 0.1) is 10.1 Å². The van der Waals surface area contributed by atoms with Crippen LogP contribution in [0.2, 0.25) is 0 Å². The maximum Gasteiger partial charge on any atom is 0.355 e. The Balaban J connectivity index is 2.07. The molecule has 0 spiro atoms. The zero-order chi connectivity index (χ0) is 21.7. The van der Waals surface area contributed by atoms with Crippen molar-refractivity contribution in [2.75, 3.05) is 19.1 Å². The van der Waals surface area contributed by atoms with Crippen molar-refractivity contribution in [3.8, 4) is 11.1 Å². The van der Waals surface area contributed by atoms with E-state index in [0.29, 0.717) is 16.8 Å². The molecule has 0 amide bonds. The van der Waals surface area contributed by atoms with E-state index >= 15 is 0 Å². The number of anilines is 1. The van der Waals surface area contributed by atoms with E-state index in [9.17, 15) is 19.7 Å². The number of rotatable bonds is 5. The Morgan fingerprint density at radius 1 is 0.933 bits per heavy atom. The van der Waals surface area contributed by atoms with E-state index in [-0.39, 0.29) is 17.0 Å². The van der Waals surface area contributed by atoms with Gasteiger partial charge in [0.15, 0.2) is 0 Å². The Hall–Kier alpha value is -4.20. The van der Waals surface area contributed by atoms with Gasteiger partial charge in [-0.25, -0.2) is 9.59 Å². The molecule has 2 aromatic carbocycles. The van der Waals surface area contributed by atoms with E-state index in [1.54, 1.807) is 60.8 Å². The SMILES string of the molecule is COC(=O)C1=C(C(=O)OC)N(c2ccc(-c3ccccc3[N+](=O)[O-])cc2)C=CC=C1. The molecule has 2 aromatic rings. The summed E-state index contributed by atoms with van der Waals surface area (Å²) in [7, 11) is 2.45. The second-order valence-electron chi connectivity index (χ2n) is 6.14. The number of hydrogen-bond acceptors (Lipinski definition) is 7. The van der Waals surface area contributed by atoms with Crippen molar-refractivity contribution in [1.82, 2.24) is 0 Å². The van der Waals surface area contributed by atoms with Crippen molar-refractivity contribution in [2.24, 2.45) is 0 Å². The molecule has 152 valence electrons. The van der Waals surface area contributed by atoms with Crippen LogP contribution >= 0.6 is 0 Å². The van der Waals surface area contributed by atoms with Crippen LogP contribution < -0.4 is 4.90 Å². The molecule has 1 aliphatic heterocycles. The van der Waals surface area contributed by atoms with E-state index in [1.165, 1.54) is 31.3 Å². The molecule has 0 fully saturated rings. The number of hydrogen-bond donors (Lipinski definition) is 0. The van der Waals surface area contributed by atoms with Crippen molar-refractivity contribution < 1.29 is 24.0 Å². The minimum atomic E-state index is -0.714. The van der Waals surface area contributed by atoms with E-state index in [4.69, 9.17) is 9.47 Å². The molecular formula is C22H18N2O6. The van der Waals surface area contributed by atoms with Crippen LogP contribution in [0.25, 0.3) is 11.1 Å². The van der Waals surface area contributed by atoms with Gasteiger partial charge in [-0.3, -0.25) is 10.1 Å². The number of allylic oxidation sites excluding steroid dienone is 2. The highest BCUT2D eigenvalue weighted by molar-refractivity contribution is 6.05. The largest absolute Gasteiger partial charge is 0.465 e. The van der Waals surface area contributed by atoms with Crippen LogP contribution in [0.1, 0.15) is 0 Å². The van der Waals surface area contributed by atoms with Crippen molar-refractivity contribution in [3.63, 3.8) is 0 Å². The van der Waals surface area contributed by atoms with Crippen molar-refractivity contribution >= 4 is 23.3 Å². The monoisotopic (exact) mass is 406 g/mol. The third kappa shape index (κ3) is 3.97. The number of ether oxygens (including phenoxy) is 2. The fourth-order valence-electron chi connectivity index (χ4n) is 3.04. The van der Waals surface area contributed by atoms with Gasteiger partial charge in [0.05, 0.1) is 30.3 Å². The first-order valence-electron chi connectivity index (χ1n) is 8.86. The fraction of sp³-hybridized carbons (Fsp3) is 0.0909. The predicted octanol–water partition coefficient (Wildman–Crippen LogP) is 3.75. The molecule has 0 aliphatic carbocycles. The Morgan fingerprint density at radius 2 is 1.60 bits per heavy atom. The summed E-state index contributed by atoms with van der Waals surface area (Å²) in [5.74, 6) is -1.40. The number of nitro benzene ring substituents is 1. The molecule has 30 heavy (non-hydrogen) atoms. The van der Waals surface area contributed by atoms with Crippen molar-refractivity contribution in [2.45, 2.75) is 0 Å². The van der Waals surface area contributed by atoms with Gasteiger partial charge in [0.2, 0.25) is 0 Å². The Bertz CT molecular complexity index is 1080. The second kappa shape index (κ2) is 8.87. The molecule has 1 aliphatic rings. The van der Waals surface area contributed by atoms with Crippen LogP contribution in [-0.4, -0.2) is 31.1 Å². The number of nitro groups is 1. The first-order chi connectivity index (χ1) is 14.5. The van der Waals surface area contributed by atoms with Crippen LogP contribution in [0.3, 0.4) is 0 Å². The van der Waals surface area contributed by atoms with Gasteiger partial charge in [-0.15, -0.1) is 0 Å². The maximum absolute atomic E-state index is 12.5. The average Bonchev–Trinajstić information content (AvgIpc) is 3.01. The van der Waals surface area contributed by atoms with Gasteiger partial charge in [0, 0.05) is 18.0 Å². The lowest BCUT2D eigenvalue weighted by Crippen LogP contribution is -2.26. The molecule has 0 saturated carbocycles. The van der Waals surface area contributed by atoms with Crippen LogP contribution in [0.5, 0.6) is 0 Å². The lowest BCUT2D eigenvalue weighted by atomic mass is 10.0. The van der Waals surface area contributed by atoms with Crippen LogP contribution in [0.4, 0.5) is 11.4 Å². The molecule has 0 unspecified atom stereocenters. The van der Waals surface area contributed by atoms with Crippen molar-refractivity contribution in [1.29, 1.82) is 0 Å². The molecule has 0 atom stereocenters. The van der Waals surface area contributed by atoms with Crippen LogP contribution in [-0.2, 0) is 19.1 Å². The Kier molecular flexibility index (Phi) is 6.07. The van der Waals surface area contributed by atoms with Gasteiger partial charge in [-0.1, -0.05) is 30.3 Å². The molecule has 0 aromatic heterocycles. The fourth-order valence-corrected chi connectivity index (χ4v) is 3.04. The summed E-state index contributed by atoms with van der Waals surface area (Å²) in [6, 6.07) is 13.2. The topological polar surface area (TPSA) is 99.0 Å². The van der Waals surface area contributed by atoms with Gasteiger partial charge < -0.3 is 14.4 Å². The van der Waals surface area contributed by atoms with Crippen molar-refractivity contribution in [3.05, 3.63) is 94.3 Å². The standard InChI is InChI=1S/C22H18N2O6/c1-29-21(25)18-8-5-6-14-23(20(18)22(26)30-2)16-12-10-15(11-13-16)17-7-3-4-9-19(17)24(27)28/h3-14H,1-2H3. The zero-order valence-corrected chi connectivity index (χ0v) is 16.3. The number of carbonyl (C=O) groups is 2. The summed E-state index contributed by atoms with van der Waals surface area (Å²) in [5.41, 5.74) is 1.69. The van der Waals surface area contributed by atoms with E-state index in [0.717, 1.165) is 0 Å². The van der Waals surface area contributed by atoms with Gasteiger partial charge in [0.1, 0.15) is 5.70 Å². The molecule has 0 radical (unpaired) electrons. The number of nitrogens with zero attached hydrogens (tertiary/aromatic N) is 2. The summed E-state index contributed by atoms with van der Waals surface area (Å²) in [6.07, 6.45) is 6.35. The molecule has 8 nitrogen and oxygen atoms in total. The van der Waals surface area contributed by atoms with Gasteiger partial charge >= 0.3 is 11.9 Å². The second-order valence-corrected chi connectivity index (χ2v) is 6.14. The van der Waals surface area contributed by atoms with E-state index < -0.39 is 16.9 Å². The highest BCUT2D eigenvalue weighted by Crippen LogP contribution is 2.32. The van der Waals surface area contributed by atoms with E-state index in [2.05, 4.69) is 0 Å². The number of para-hydroxylation sites is 1. The zero-order valence-electron chi connectivity index (χ0n) is 16.3. The number of methoxy groups -OCH3 is 2. The Labute approximate surface area is 172 Å². The Morgan fingerprint density at radius 3 is 2.23 bits per heavy atom. The minimum Gasteiger partial charge on any atom is -0.465 e. The summed E-state index contributed by atoms with van der Waals surface area (Å²) in [6.45, 7) is 0. The third-order valence-corrected chi connectivity index (χ3v) is 4.45. The van der Waals surface area contributed by atoms with E-state index in [1.807, 2.05) is 0 Å². The first kappa shape index (κ1) is 20.5. The molecule has 1 heterocycles. The summed E-state index contributed by atoms with van der Waals surface area (Å²) in [4.78, 5) is 37.1. The number of carbonyl (C=O) groups excluding carboxylic acids is 2. The van der Waals surface area contributed by atoms with Gasteiger partial charge in [-0.2, -0.15) is 0 Å². The molecule has 3 rings (SSSR count). The van der Waals surface area contributed by atoms with Gasteiger partial charge in [0.25, 0.3) is 5.69 Å². The lowest BCUT2D eigenvalue weighted by Gasteiger charge is -2.23. The average molecular weight is 406 g/mol. The minimum absolute atomic E-state index is 0.00667. The third-order valence-electron chi connectivity index (χ3n) is 4.45. The smallest absolute Gasteiger partial charge is 0.355 e. The maximum atomic E-state index is 12.5. The molecular weight excluding hydrogens is 388 g/mol. The highest BCUT2D eigenvalue weighted by atomic mass is 16.6. The molecule has 0 saturated heterocycles. The molecule has 8 heteroatoms. The predicted molar refractivity (Wildman–Crippen MR) is 110 cm³/mol.